The van der Waals surface area contributed by atoms with E-state index in [1.807, 2.05) is 35.2 Å². The summed E-state index contributed by atoms with van der Waals surface area (Å²) < 4.78 is 0. The molecule has 6 nitrogen and oxygen atoms in total. The van der Waals surface area contributed by atoms with Crippen LogP contribution in [0.1, 0.15) is 27.3 Å². The Morgan fingerprint density at radius 1 is 1.41 bits per heavy atom. The van der Waals surface area contributed by atoms with Gasteiger partial charge in [-0.1, -0.05) is 30.3 Å². The molecule has 0 saturated carbocycles. The second kappa shape index (κ2) is 6.15. The Labute approximate surface area is 133 Å². The second-order valence-corrected chi connectivity index (χ2v) is 5.54. The molecule has 1 aromatic carbocycles. The molecule has 0 amide bonds. The molecule has 0 unspecified atom stereocenters. The lowest BCUT2D eigenvalue weighted by molar-refractivity contribution is 0.0688. The molecule has 0 saturated heterocycles. The van der Waals surface area contributed by atoms with E-state index in [0.717, 1.165) is 23.4 Å². The van der Waals surface area contributed by atoms with E-state index in [1.54, 1.807) is 0 Å². The number of nitrogens with zero attached hydrogens (tertiary/aromatic N) is 2. The van der Waals surface area contributed by atoms with Crippen LogP contribution >= 0.6 is 12.2 Å². The van der Waals surface area contributed by atoms with E-state index < -0.39 is 5.97 Å². The number of aromatic nitrogens is 2. The SMILES string of the molecule is O=C(O)c1n[nH]c2c1CN(C(=S)NCc1ccccc1)CC2. The summed E-state index contributed by atoms with van der Waals surface area (Å²) >= 11 is 5.42. The second-order valence-electron chi connectivity index (χ2n) is 5.15. The molecular weight excluding hydrogens is 300 g/mol. The number of hydrogen-bond acceptors (Lipinski definition) is 3. The molecule has 1 aliphatic heterocycles. The highest BCUT2D eigenvalue weighted by molar-refractivity contribution is 7.80. The molecule has 0 radical (unpaired) electrons. The zero-order valence-corrected chi connectivity index (χ0v) is 12.7. The van der Waals surface area contributed by atoms with E-state index in [1.165, 1.54) is 0 Å². The number of aromatic amines is 1. The van der Waals surface area contributed by atoms with Crippen molar-refractivity contribution in [2.24, 2.45) is 0 Å². The quantitative estimate of drug-likeness (QED) is 0.745. The number of rotatable bonds is 3. The number of H-pyrrole nitrogens is 1. The average molecular weight is 316 g/mol. The molecule has 3 rings (SSSR count). The first-order valence-electron chi connectivity index (χ1n) is 7.01. The smallest absolute Gasteiger partial charge is 0.356 e. The van der Waals surface area contributed by atoms with Gasteiger partial charge in [-0.2, -0.15) is 5.10 Å². The fraction of sp³-hybridized carbons (Fsp3) is 0.267. The topological polar surface area (TPSA) is 81.2 Å². The van der Waals surface area contributed by atoms with Crippen molar-refractivity contribution in [2.45, 2.75) is 19.5 Å². The van der Waals surface area contributed by atoms with E-state index >= 15 is 0 Å². The first kappa shape index (κ1) is 14.5. The molecule has 1 aromatic heterocycles. The minimum absolute atomic E-state index is 0.0885. The zero-order valence-electron chi connectivity index (χ0n) is 11.9. The van der Waals surface area contributed by atoms with Gasteiger partial charge in [0.2, 0.25) is 0 Å². The monoisotopic (exact) mass is 316 g/mol. The highest BCUT2D eigenvalue weighted by atomic mass is 32.1. The van der Waals surface area contributed by atoms with Crippen LogP contribution < -0.4 is 5.32 Å². The highest BCUT2D eigenvalue weighted by Crippen LogP contribution is 2.20. The molecular formula is C15H16N4O2S. The van der Waals surface area contributed by atoms with Gasteiger partial charge in [-0.25, -0.2) is 4.79 Å². The van der Waals surface area contributed by atoms with Crippen LogP contribution in [-0.2, 0) is 19.5 Å². The Bertz CT molecular complexity index is 699. The van der Waals surface area contributed by atoms with Gasteiger partial charge in [0.25, 0.3) is 0 Å². The Morgan fingerprint density at radius 2 is 2.18 bits per heavy atom. The molecule has 114 valence electrons. The molecule has 3 N–H and O–H groups in total. The summed E-state index contributed by atoms with van der Waals surface area (Å²) in [4.78, 5) is 13.1. The molecule has 0 atom stereocenters. The first-order chi connectivity index (χ1) is 10.6. The van der Waals surface area contributed by atoms with Gasteiger partial charge < -0.3 is 15.3 Å². The minimum atomic E-state index is -1.01. The van der Waals surface area contributed by atoms with Gasteiger partial charge >= 0.3 is 5.97 Å². The van der Waals surface area contributed by atoms with Crippen molar-refractivity contribution in [3.8, 4) is 0 Å². The van der Waals surface area contributed by atoms with Crippen molar-refractivity contribution in [3.63, 3.8) is 0 Å². The largest absolute Gasteiger partial charge is 0.476 e. The lowest BCUT2D eigenvalue weighted by atomic mass is 10.1. The zero-order chi connectivity index (χ0) is 15.5. The fourth-order valence-corrected chi connectivity index (χ4v) is 2.76. The van der Waals surface area contributed by atoms with Gasteiger partial charge in [0.05, 0.1) is 0 Å². The van der Waals surface area contributed by atoms with Crippen molar-refractivity contribution in [3.05, 3.63) is 52.8 Å². The predicted molar refractivity (Wildman–Crippen MR) is 85.5 cm³/mol. The van der Waals surface area contributed by atoms with Crippen molar-refractivity contribution >= 4 is 23.3 Å². The summed E-state index contributed by atoms with van der Waals surface area (Å²) in [5.41, 5.74) is 2.85. The Kier molecular flexibility index (Phi) is 4.06. The van der Waals surface area contributed by atoms with Gasteiger partial charge in [-0.05, 0) is 17.8 Å². The minimum Gasteiger partial charge on any atom is -0.476 e. The molecule has 0 aliphatic carbocycles. The van der Waals surface area contributed by atoms with Crippen LogP contribution in [0.2, 0.25) is 0 Å². The maximum absolute atomic E-state index is 11.2. The maximum atomic E-state index is 11.2. The summed E-state index contributed by atoms with van der Waals surface area (Å²) in [6.45, 7) is 1.86. The number of fused-ring (bicyclic) bond motifs is 1. The molecule has 7 heteroatoms. The van der Waals surface area contributed by atoms with E-state index in [-0.39, 0.29) is 5.69 Å². The molecule has 0 fully saturated rings. The lowest BCUT2D eigenvalue weighted by Crippen LogP contribution is -2.42. The van der Waals surface area contributed by atoms with Crippen molar-refractivity contribution in [1.29, 1.82) is 0 Å². The normalized spacial score (nSPS) is 13.5. The molecule has 22 heavy (non-hydrogen) atoms. The van der Waals surface area contributed by atoms with Gasteiger partial charge in [0.15, 0.2) is 10.8 Å². The number of carbonyl (C=O) groups is 1. The number of carboxylic acids is 1. The van der Waals surface area contributed by atoms with E-state index in [0.29, 0.717) is 24.6 Å². The Balaban J connectivity index is 1.65. The molecule has 2 aromatic rings. The number of hydrogen-bond donors (Lipinski definition) is 3. The van der Waals surface area contributed by atoms with Gasteiger partial charge in [-0.3, -0.25) is 5.10 Å². The summed E-state index contributed by atoms with van der Waals surface area (Å²) in [6.07, 6.45) is 0.711. The number of nitrogens with one attached hydrogen (secondary N) is 2. The van der Waals surface area contributed by atoms with Crippen LogP contribution in [0, 0.1) is 0 Å². The number of thiocarbonyl (C=S) groups is 1. The highest BCUT2D eigenvalue weighted by Gasteiger charge is 2.26. The Morgan fingerprint density at radius 3 is 2.91 bits per heavy atom. The van der Waals surface area contributed by atoms with Gasteiger partial charge in [-0.15, -0.1) is 0 Å². The van der Waals surface area contributed by atoms with Gasteiger partial charge in [0.1, 0.15) is 0 Å². The summed E-state index contributed by atoms with van der Waals surface area (Å²) in [5, 5.41) is 19.7. The van der Waals surface area contributed by atoms with Crippen LogP contribution in [0.4, 0.5) is 0 Å². The first-order valence-corrected chi connectivity index (χ1v) is 7.42. The Hall–Kier alpha value is -2.41. The predicted octanol–water partition coefficient (Wildman–Crippen LogP) is 1.54. The number of aromatic carboxylic acids is 1. The maximum Gasteiger partial charge on any atom is 0.356 e. The van der Waals surface area contributed by atoms with Crippen LogP contribution in [0.3, 0.4) is 0 Å². The van der Waals surface area contributed by atoms with Crippen molar-refractivity contribution < 1.29 is 9.90 Å². The average Bonchev–Trinajstić information content (AvgIpc) is 2.96. The number of benzene rings is 1. The van der Waals surface area contributed by atoms with Gasteiger partial charge in [0, 0.05) is 37.3 Å². The fourth-order valence-electron chi connectivity index (χ4n) is 2.53. The molecule has 0 spiro atoms. The van der Waals surface area contributed by atoms with E-state index in [2.05, 4.69) is 15.5 Å². The van der Waals surface area contributed by atoms with Crippen LogP contribution in [-0.4, -0.2) is 37.8 Å². The molecule has 0 bridgehead atoms. The molecule has 2 heterocycles. The standard InChI is InChI=1S/C15H16N4O2S/c20-14(21)13-11-9-19(7-6-12(11)17-18-13)15(22)16-8-10-4-2-1-3-5-10/h1-5H,6-9H2,(H,16,22)(H,17,18)(H,20,21). The van der Waals surface area contributed by atoms with Crippen molar-refractivity contribution in [1.82, 2.24) is 20.4 Å². The number of carboxylic acid groups (broad SMARTS) is 1. The van der Waals surface area contributed by atoms with Crippen LogP contribution in [0.25, 0.3) is 0 Å². The summed E-state index contributed by atoms with van der Waals surface area (Å²) in [5.74, 6) is -1.01. The molecule has 1 aliphatic rings. The van der Waals surface area contributed by atoms with Crippen LogP contribution in [0.5, 0.6) is 0 Å². The third-order valence-corrected chi connectivity index (χ3v) is 4.11. The van der Waals surface area contributed by atoms with E-state index in [4.69, 9.17) is 17.3 Å². The van der Waals surface area contributed by atoms with Crippen LogP contribution in [0.15, 0.2) is 30.3 Å². The summed E-state index contributed by atoms with van der Waals surface area (Å²) in [6, 6.07) is 10.0. The third kappa shape index (κ3) is 2.94. The summed E-state index contributed by atoms with van der Waals surface area (Å²) in [7, 11) is 0. The third-order valence-electron chi connectivity index (χ3n) is 3.71. The van der Waals surface area contributed by atoms with E-state index in [9.17, 15) is 4.79 Å². The lowest BCUT2D eigenvalue weighted by Gasteiger charge is -2.29. The van der Waals surface area contributed by atoms with Crippen molar-refractivity contribution in [2.75, 3.05) is 6.54 Å².